The van der Waals surface area contributed by atoms with E-state index >= 15 is 0 Å². The Kier molecular flexibility index (Phi) is 6.67. The van der Waals surface area contributed by atoms with Crippen LogP contribution >= 0.6 is 0 Å². The van der Waals surface area contributed by atoms with Crippen molar-refractivity contribution in [2.45, 2.75) is 50.0 Å². The number of carbonyl (C=O) groups excluding carboxylic acids is 1. The van der Waals surface area contributed by atoms with Crippen molar-refractivity contribution in [3.8, 4) is 0 Å². The molecule has 32 heavy (non-hydrogen) atoms. The fraction of sp³-hybridized carbons (Fsp3) is 0.400. The van der Waals surface area contributed by atoms with E-state index in [1.165, 1.54) is 0 Å². The lowest BCUT2D eigenvalue weighted by Gasteiger charge is -2.23. The molecule has 2 aromatic rings. The van der Waals surface area contributed by atoms with Crippen molar-refractivity contribution in [1.29, 1.82) is 0 Å². The standard InChI is InChI=1S/C25H29NO5S/c1-17-11-13-20(14-12-17)32(29,30)26-19(15-18-7-3-2-4-8-18)16-31-25-23(27)21-9-5-6-10-22(21)24(25)28/h2-4,7-8,11-14,19,21-22,26-27H,5-6,9-10,15-16H2,1H3/t19-,21+,22-/m0/s1. The van der Waals surface area contributed by atoms with Gasteiger partial charge in [-0.1, -0.05) is 60.9 Å². The Bertz CT molecular complexity index is 1090. The number of aliphatic hydroxyl groups is 1. The van der Waals surface area contributed by atoms with E-state index in [9.17, 15) is 18.3 Å². The summed E-state index contributed by atoms with van der Waals surface area (Å²) in [7, 11) is -3.78. The summed E-state index contributed by atoms with van der Waals surface area (Å²) < 4.78 is 34.5. The zero-order valence-electron chi connectivity index (χ0n) is 18.2. The van der Waals surface area contributed by atoms with Gasteiger partial charge in [-0.15, -0.1) is 0 Å². The van der Waals surface area contributed by atoms with Gasteiger partial charge in [0.25, 0.3) is 0 Å². The molecule has 0 aliphatic heterocycles. The Morgan fingerprint density at radius 1 is 1.03 bits per heavy atom. The van der Waals surface area contributed by atoms with E-state index < -0.39 is 16.1 Å². The summed E-state index contributed by atoms with van der Waals surface area (Å²) >= 11 is 0. The van der Waals surface area contributed by atoms with Gasteiger partial charge in [-0.2, -0.15) is 0 Å². The summed E-state index contributed by atoms with van der Waals surface area (Å²) in [6, 6.07) is 15.5. The van der Waals surface area contributed by atoms with Crippen LogP contribution in [0.1, 0.15) is 36.8 Å². The van der Waals surface area contributed by atoms with Gasteiger partial charge >= 0.3 is 0 Å². The highest BCUT2D eigenvalue weighted by atomic mass is 32.2. The summed E-state index contributed by atoms with van der Waals surface area (Å²) in [4.78, 5) is 13.0. The molecule has 0 unspecified atom stereocenters. The number of aliphatic hydroxyl groups excluding tert-OH is 1. The lowest BCUT2D eigenvalue weighted by Crippen LogP contribution is -2.40. The Labute approximate surface area is 189 Å². The number of carbonyl (C=O) groups is 1. The van der Waals surface area contributed by atoms with E-state index in [4.69, 9.17) is 4.74 Å². The molecule has 3 atom stereocenters. The SMILES string of the molecule is Cc1ccc(S(=O)(=O)N[C@H](COC2=C(O)[C@@H]3CCCC[C@@H]3C2=O)Cc2ccccc2)cc1. The van der Waals surface area contributed by atoms with Crippen LogP contribution in [0.3, 0.4) is 0 Å². The highest BCUT2D eigenvalue weighted by Crippen LogP contribution is 2.42. The van der Waals surface area contributed by atoms with Gasteiger partial charge in [0.2, 0.25) is 21.6 Å². The molecule has 2 N–H and O–H groups in total. The Hall–Kier alpha value is -2.64. The molecular weight excluding hydrogens is 426 g/mol. The van der Waals surface area contributed by atoms with Crippen LogP contribution in [0, 0.1) is 18.8 Å². The fourth-order valence-corrected chi connectivity index (χ4v) is 5.82. The van der Waals surface area contributed by atoms with Gasteiger partial charge in [-0.05, 0) is 43.9 Å². The maximum absolute atomic E-state index is 13.0. The first-order valence-electron chi connectivity index (χ1n) is 11.1. The fourth-order valence-electron chi connectivity index (χ4n) is 4.60. The maximum atomic E-state index is 13.0. The summed E-state index contributed by atoms with van der Waals surface area (Å²) in [6.07, 6.45) is 3.89. The number of ketones is 1. The minimum Gasteiger partial charge on any atom is -0.508 e. The van der Waals surface area contributed by atoms with Crippen LogP contribution in [-0.4, -0.2) is 32.0 Å². The number of allylic oxidation sites excluding steroid dienone is 2. The van der Waals surface area contributed by atoms with E-state index in [0.29, 0.717) is 6.42 Å². The molecule has 1 saturated carbocycles. The Balaban J connectivity index is 1.52. The highest BCUT2D eigenvalue weighted by molar-refractivity contribution is 7.89. The topological polar surface area (TPSA) is 92.7 Å². The molecule has 0 heterocycles. The number of benzene rings is 2. The highest BCUT2D eigenvalue weighted by Gasteiger charge is 2.44. The number of hydrogen-bond donors (Lipinski definition) is 2. The zero-order valence-corrected chi connectivity index (χ0v) is 19.0. The van der Waals surface area contributed by atoms with Crippen LogP contribution in [0.5, 0.6) is 0 Å². The van der Waals surface area contributed by atoms with Gasteiger partial charge < -0.3 is 9.84 Å². The van der Waals surface area contributed by atoms with Gasteiger partial charge in [-0.3, -0.25) is 4.79 Å². The van der Waals surface area contributed by atoms with E-state index in [1.807, 2.05) is 37.3 Å². The van der Waals surface area contributed by atoms with Crippen LogP contribution < -0.4 is 4.72 Å². The van der Waals surface area contributed by atoms with E-state index in [1.54, 1.807) is 24.3 Å². The van der Waals surface area contributed by atoms with Crippen molar-refractivity contribution in [3.05, 3.63) is 77.2 Å². The number of fused-ring (bicyclic) bond motifs is 1. The molecule has 0 saturated heterocycles. The Morgan fingerprint density at radius 2 is 1.69 bits per heavy atom. The van der Waals surface area contributed by atoms with Gasteiger partial charge in [-0.25, -0.2) is 13.1 Å². The molecule has 170 valence electrons. The van der Waals surface area contributed by atoms with E-state index in [0.717, 1.165) is 36.8 Å². The predicted molar refractivity (Wildman–Crippen MR) is 121 cm³/mol. The number of nitrogens with one attached hydrogen (secondary N) is 1. The Morgan fingerprint density at radius 3 is 2.34 bits per heavy atom. The third-order valence-electron chi connectivity index (χ3n) is 6.32. The van der Waals surface area contributed by atoms with Gasteiger partial charge in [0.05, 0.1) is 10.9 Å². The third kappa shape index (κ3) is 4.89. The molecule has 2 aliphatic carbocycles. The van der Waals surface area contributed by atoms with Crippen molar-refractivity contribution in [1.82, 2.24) is 4.72 Å². The molecule has 0 aromatic heterocycles. The van der Waals surface area contributed by atoms with Crippen LogP contribution in [0.25, 0.3) is 0 Å². The monoisotopic (exact) mass is 455 g/mol. The van der Waals surface area contributed by atoms with Gasteiger partial charge in [0, 0.05) is 11.8 Å². The average molecular weight is 456 g/mol. The number of hydrogen-bond acceptors (Lipinski definition) is 5. The van der Waals surface area contributed by atoms with Crippen molar-refractivity contribution in [2.24, 2.45) is 11.8 Å². The summed E-state index contributed by atoms with van der Waals surface area (Å²) in [5.41, 5.74) is 1.91. The first-order chi connectivity index (χ1) is 15.3. The maximum Gasteiger partial charge on any atom is 0.240 e. The second kappa shape index (κ2) is 9.46. The van der Waals surface area contributed by atoms with Crippen molar-refractivity contribution in [3.63, 3.8) is 0 Å². The van der Waals surface area contributed by atoms with Crippen molar-refractivity contribution >= 4 is 15.8 Å². The van der Waals surface area contributed by atoms with Crippen molar-refractivity contribution in [2.75, 3.05) is 6.61 Å². The van der Waals surface area contributed by atoms with E-state index in [2.05, 4.69) is 4.72 Å². The average Bonchev–Trinajstić information content (AvgIpc) is 3.03. The van der Waals surface area contributed by atoms with Crippen molar-refractivity contribution < 1.29 is 23.1 Å². The normalized spacial score (nSPS) is 22.0. The molecule has 7 heteroatoms. The number of ether oxygens (including phenoxy) is 1. The second-order valence-electron chi connectivity index (χ2n) is 8.71. The first-order valence-corrected chi connectivity index (χ1v) is 12.6. The number of aryl methyl sites for hydroxylation is 1. The first kappa shape index (κ1) is 22.6. The lowest BCUT2D eigenvalue weighted by atomic mass is 9.80. The van der Waals surface area contributed by atoms with E-state index in [-0.39, 0.29) is 40.6 Å². The molecule has 4 rings (SSSR count). The smallest absolute Gasteiger partial charge is 0.240 e. The minimum atomic E-state index is -3.78. The number of Topliss-reactive ketones (excluding diaryl/α,β-unsaturated/α-hetero) is 1. The van der Waals surface area contributed by atoms with Crippen LogP contribution in [0.15, 0.2) is 71.0 Å². The predicted octanol–water partition coefficient (Wildman–Crippen LogP) is 4.06. The molecular formula is C25H29NO5S. The summed E-state index contributed by atoms with van der Waals surface area (Å²) in [5, 5.41) is 10.6. The molecule has 0 spiro atoms. The third-order valence-corrected chi connectivity index (χ3v) is 7.85. The van der Waals surface area contributed by atoms with Crippen LogP contribution in [0.4, 0.5) is 0 Å². The molecule has 0 bridgehead atoms. The number of sulfonamides is 1. The largest absolute Gasteiger partial charge is 0.508 e. The molecule has 6 nitrogen and oxygen atoms in total. The summed E-state index contributed by atoms with van der Waals surface area (Å²) in [6.45, 7) is 1.84. The van der Waals surface area contributed by atoms with Gasteiger partial charge in [0.1, 0.15) is 12.4 Å². The number of rotatable bonds is 8. The quantitative estimate of drug-likeness (QED) is 0.626. The van der Waals surface area contributed by atoms with Crippen LogP contribution in [0.2, 0.25) is 0 Å². The minimum absolute atomic E-state index is 0.00879. The molecule has 1 fully saturated rings. The zero-order chi connectivity index (χ0) is 22.7. The van der Waals surface area contributed by atoms with Gasteiger partial charge in [0.15, 0.2) is 0 Å². The summed E-state index contributed by atoms with van der Waals surface area (Å²) in [5.74, 6) is -0.500. The molecule has 2 aliphatic rings. The molecule has 0 radical (unpaired) electrons. The molecule has 2 aromatic carbocycles. The lowest BCUT2D eigenvalue weighted by molar-refractivity contribution is -0.123. The molecule has 0 amide bonds. The second-order valence-corrected chi connectivity index (χ2v) is 10.4. The van der Waals surface area contributed by atoms with Crippen LogP contribution in [-0.2, 0) is 26.0 Å².